The zero-order valence-corrected chi connectivity index (χ0v) is 36.0. The van der Waals surface area contributed by atoms with Gasteiger partial charge in [0.2, 0.25) is 23.5 Å². The summed E-state index contributed by atoms with van der Waals surface area (Å²) < 4.78 is 55.8. The Hall–Kier alpha value is -5.62. The van der Waals surface area contributed by atoms with Gasteiger partial charge in [0, 0.05) is 95.1 Å². The molecule has 63 heavy (non-hydrogen) atoms. The molecule has 5 aromatic rings. The number of amides is 2. The number of nitrogens with one attached hydrogen (secondary N) is 3. The molecular weight excluding hydrogens is 839 g/mol. The Kier molecular flexibility index (Phi) is 10.2. The molecule has 19 heteroatoms. The van der Waals surface area contributed by atoms with E-state index in [1.54, 1.807) is 25.2 Å². The van der Waals surface area contributed by atoms with E-state index in [1.807, 2.05) is 28.8 Å². The van der Waals surface area contributed by atoms with Crippen molar-refractivity contribution in [3.63, 3.8) is 0 Å². The summed E-state index contributed by atoms with van der Waals surface area (Å²) in [5.74, 6) is -3.85. The van der Waals surface area contributed by atoms with Crippen LogP contribution < -0.4 is 36.0 Å². The standard InChI is InChI=1S/C44H49ClF3N11O4/c1-24-21-58(32-6-4-5-27-34(54-56(3)36(27)32)28-10-12-33(60)51-40(28)61)17-18-59(24)22-43(46)13-15-57(16-14-43)42-49-20-30(45)39(53-42)50-26-9-11-31-29(19-26)35-37(41(62)55(31)2)63-23-44(47,48)38(52-35)25-7-8-25/h4-6,9,11,19-20,24-25,28,38,52H,7-8,10,12-18,21-23H2,1-3H3,(H,49,50,53)(H,51,60,61)/t24-,28?,38-/m0/s1. The number of hydrogen-bond donors (Lipinski definition) is 3. The van der Waals surface area contributed by atoms with Crippen molar-refractivity contribution in [3.8, 4) is 5.75 Å². The van der Waals surface area contributed by atoms with Gasteiger partial charge in [-0.05, 0) is 56.4 Å². The summed E-state index contributed by atoms with van der Waals surface area (Å²) in [6, 6.07) is 10.2. The number of anilines is 5. The minimum atomic E-state index is -3.16. The summed E-state index contributed by atoms with van der Waals surface area (Å²) in [4.78, 5) is 53.5. The maximum atomic E-state index is 16.7. The third kappa shape index (κ3) is 7.57. The lowest BCUT2D eigenvalue weighted by atomic mass is 9.91. The van der Waals surface area contributed by atoms with E-state index in [-0.39, 0.29) is 59.5 Å². The minimum Gasteiger partial charge on any atom is -0.480 e. The normalized spacial score (nSPS) is 23.8. The Bertz CT molecular complexity index is 2720. The molecule has 2 aromatic carbocycles. The second-order valence-corrected chi connectivity index (χ2v) is 18.3. The number of rotatable bonds is 8. The molecule has 1 unspecified atom stereocenters. The predicted molar refractivity (Wildman–Crippen MR) is 234 cm³/mol. The Morgan fingerprint density at radius 1 is 0.984 bits per heavy atom. The van der Waals surface area contributed by atoms with E-state index in [4.69, 9.17) is 26.4 Å². The number of imide groups is 1. The average Bonchev–Trinajstić information content (AvgIpc) is 4.06. The molecule has 5 aliphatic rings. The van der Waals surface area contributed by atoms with E-state index < -0.39 is 35.7 Å². The molecule has 332 valence electrons. The predicted octanol–water partition coefficient (Wildman–Crippen LogP) is 5.87. The molecule has 0 spiro atoms. The third-order valence-corrected chi connectivity index (χ3v) is 13.9. The summed E-state index contributed by atoms with van der Waals surface area (Å²) in [7, 11) is 3.46. The Labute approximate surface area is 365 Å². The Morgan fingerprint density at radius 2 is 1.78 bits per heavy atom. The van der Waals surface area contributed by atoms with Gasteiger partial charge < -0.3 is 29.7 Å². The maximum Gasteiger partial charge on any atom is 0.301 e. The SMILES string of the molecule is C[C@H]1CN(c2cccc3c(C4CCC(=O)NC4=O)nn(C)c23)CCN1CC1(F)CCN(c2ncc(Cl)c(Nc3ccc4c(c3)c3c(c(=O)n4C)OCC(F)(F)[C@H](C4CC4)N3)n2)CC1. The van der Waals surface area contributed by atoms with Crippen molar-refractivity contribution in [2.24, 2.45) is 20.0 Å². The number of para-hydroxylation sites is 1. The van der Waals surface area contributed by atoms with Crippen LogP contribution in [0.5, 0.6) is 5.75 Å². The lowest BCUT2D eigenvalue weighted by molar-refractivity contribution is -0.134. The lowest BCUT2D eigenvalue weighted by Gasteiger charge is -2.45. The summed E-state index contributed by atoms with van der Waals surface area (Å²) in [6.07, 6.45) is 4.14. The maximum absolute atomic E-state index is 16.7. The highest BCUT2D eigenvalue weighted by Crippen LogP contribution is 2.46. The number of halogens is 4. The number of alkyl halides is 3. The first-order chi connectivity index (χ1) is 30.2. The largest absolute Gasteiger partial charge is 0.480 e. The number of aryl methyl sites for hydroxylation is 2. The van der Waals surface area contributed by atoms with Crippen LogP contribution in [0.2, 0.25) is 5.02 Å². The summed E-state index contributed by atoms with van der Waals surface area (Å²) in [6.45, 7) is 4.40. The number of piperidine rings is 2. The van der Waals surface area contributed by atoms with Crippen LogP contribution in [-0.4, -0.2) is 111 Å². The topological polar surface area (TPSA) is 155 Å². The number of fused-ring (bicyclic) bond motifs is 4. The van der Waals surface area contributed by atoms with Gasteiger partial charge in [-0.15, -0.1) is 0 Å². The molecule has 4 fully saturated rings. The molecule has 3 atom stereocenters. The number of nitrogens with zero attached hydrogens (tertiary/aromatic N) is 8. The lowest BCUT2D eigenvalue weighted by Crippen LogP contribution is -2.57. The second-order valence-electron chi connectivity index (χ2n) is 17.9. The number of aromatic nitrogens is 5. The van der Waals surface area contributed by atoms with E-state index in [0.29, 0.717) is 92.6 Å². The van der Waals surface area contributed by atoms with Crippen molar-refractivity contribution in [3.05, 3.63) is 63.7 Å². The van der Waals surface area contributed by atoms with Gasteiger partial charge in [-0.1, -0.05) is 23.7 Å². The van der Waals surface area contributed by atoms with E-state index in [9.17, 15) is 14.4 Å². The first-order valence-corrected chi connectivity index (χ1v) is 22.0. The van der Waals surface area contributed by atoms with Crippen LogP contribution in [0.25, 0.3) is 21.8 Å². The fourth-order valence-corrected chi connectivity index (χ4v) is 10.0. The molecule has 1 aliphatic carbocycles. The molecular formula is C44H49ClF3N11O4. The fourth-order valence-electron chi connectivity index (χ4n) is 9.91. The monoisotopic (exact) mass is 887 g/mol. The first kappa shape index (κ1) is 41.4. The molecule has 2 amide bonds. The molecule has 15 nitrogen and oxygen atoms in total. The zero-order valence-electron chi connectivity index (χ0n) is 35.3. The van der Waals surface area contributed by atoms with Crippen LogP contribution in [0, 0.1) is 5.92 Å². The molecule has 3 N–H and O–H groups in total. The summed E-state index contributed by atoms with van der Waals surface area (Å²) in [5, 5.41) is 15.2. The van der Waals surface area contributed by atoms with Crippen molar-refractivity contribution < 1.29 is 27.5 Å². The van der Waals surface area contributed by atoms with E-state index in [2.05, 4.69) is 43.7 Å². The molecule has 0 radical (unpaired) electrons. The van der Waals surface area contributed by atoms with Gasteiger partial charge in [-0.2, -0.15) is 10.1 Å². The van der Waals surface area contributed by atoms with Crippen LogP contribution in [0.15, 0.2) is 47.4 Å². The molecule has 1 saturated carbocycles. The number of carbonyl (C=O) groups is 2. The van der Waals surface area contributed by atoms with E-state index >= 15 is 13.2 Å². The number of pyridine rings is 1. The van der Waals surface area contributed by atoms with Crippen molar-refractivity contribution in [2.45, 2.75) is 75.0 Å². The highest BCUT2D eigenvalue weighted by Gasteiger charge is 2.51. The highest BCUT2D eigenvalue weighted by atomic mass is 35.5. The number of ether oxygens (including phenoxy) is 1. The van der Waals surface area contributed by atoms with Crippen molar-refractivity contribution in [1.29, 1.82) is 0 Å². The smallest absolute Gasteiger partial charge is 0.301 e. The summed E-state index contributed by atoms with van der Waals surface area (Å²) in [5.41, 5.74) is 2.03. The van der Waals surface area contributed by atoms with Crippen molar-refractivity contribution in [1.82, 2.24) is 34.5 Å². The molecule has 0 bridgehead atoms. The Morgan fingerprint density at radius 3 is 2.52 bits per heavy atom. The number of hydrogen-bond acceptors (Lipinski definition) is 12. The first-order valence-electron chi connectivity index (χ1n) is 21.6. The van der Waals surface area contributed by atoms with Gasteiger partial charge in [0.1, 0.15) is 10.7 Å². The van der Waals surface area contributed by atoms with Crippen LogP contribution in [-0.2, 0) is 23.7 Å². The molecule has 3 saturated heterocycles. The molecule has 3 aromatic heterocycles. The van der Waals surface area contributed by atoms with Crippen molar-refractivity contribution in [2.75, 3.05) is 66.3 Å². The fraction of sp³-hybridized carbons (Fsp3) is 0.500. The minimum absolute atomic E-state index is 0.0644. The van der Waals surface area contributed by atoms with Crippen LogP contribution in [0.3, 0.4) is 0 Å². The third-order valence-electron chi connectivity index (χ3n) is 13.6. The number of benzene rings is 2. The quantitative estimate of drug-likeness (QED) is 0.160. The second kappa shape index (κ2) is 15.6. The molecule has 10 rings (SSSR count). The van der Waals surface area contributed by atoms with Crippen LogP contribution >= 0.6 is 11.6 Å². The van der Waals surface area contributed by atoms with Gasteiger partial charge in [-0.25, -0.2) is 18.2 Å². The van der Waals surface area contributed by atoms with Crippen LogP contribution in [0.4, 0.5) is 42.0 Å². The number of carbonyl (C=O) groups excluding carboxylic acids is 2. The highest BCUT2D eigenvalue weighted by molar-refractivity contribution is 6.33. The van der Waals surface area contributed by atoms with Gasteiger partial charge in [0.15, 0.2) is 12.4 Å². The van der Waals surface area contributed by atoms with E-state index in [1.165, 1.54) is 10.8 Å². The van der Waals surface area contributed by atoms with Gasteiger partial charge in [0.05, 0.1) is 46.3 Å². The van der Waals surface area contributed by atoms with Gasteiger partial charge in [-0.3, -0.25) is 29.3 Å². The summed E-state index contributed by atoms with van der Waals surface area (Å²) >= 11 is 6.61. The van der Waals surface area contributed by atoms with E-state index in [0.717, 1.165) is 16.6 Å². The van der Waals surface area contributed by atoms with Crippen molar-refractivity contribution >= 4 is 74.0 Å². The molecule has 4 aliphatic heterocycles. The van der Waals surface area contributed by atoms with Gasteiger partial charge in [0.25, 0.3) is 5.56 Å². The van der Waals surface area contributed by atoms with Crippen LogP contribution in [0.1, 0.15) is 57.1 Å². The number of piperazine rings is 1. The Balaban J connectivity index is 0.802. The van der Waals surface area contributed by atoms with Gasteiger partial charge >= 0.3 is 5.92 Å². The molecule has 7 heterocycles. The zero-order chi connectivity index (χ0) is 43.9. The average molecular weight is 888 g/mol.